The summed E-state index contributed by atoms with van der Waals surface area (Å²) < 4.78 is 29.6. The summed E-state index contributed by atoms with van der Waals surface area (Å²) in [5.74, 6) is 0. The van der Waals surface area contributed by atoms with Crippen molar-refractivity contribution in [3.63, 3.8) is 0 Å². The van der Waals surface area contributed by atoms with Crippen molar-refractivity contribution in [2.75, 3.05) is 6.61 Å². The fourth-order valence-corrected chi connectivity index (χ4v) is 3.99. The summed E-state index contributed by atoms with van der Waals surface area (Å²) in [6.07, 6.45) is 15.4. The second-order valence-corrected chi connectivity index (χ2v) is 8.82. The Balaban J connectivity index is 0.00000676. The zero-order chi connectivity index (χ0) is 19.1. The van der Waals surface area contributed by atoms with Crippen molar-refractivity contribution in [1.29, 1.82) is 0 Å². The normalized spacial score (nSPS) is 11.3. The van der Waals surface area contributed by atoms with Crippen molar-refractivity contribution in [2.45, 2.75) is 102 Å². The Kier molecular flexibility index (Phi) is 17.1. The second-order valence-electron chi connectivity index (χ2n) is 7.21. The van der Waals surface area contributed by atoms with Gasteiger partial charge in [0.1, 0.15) is 0 Å². The van der Waals surface area contributed by atoms with Crippen molar-refractivity contribution in [3.8, 4) is 0 Å². The maximum absolute atomic E-state index is 12.2. The molecule has 0 fully saturated rings. The molecule has 0 aliphatic carbocycles. The molecule has 1 aromatic rings. The van der Waals surface area contributed by atoms with Gasteiger partial charge in [0.15, 0.2) is 0 Å². The predicted molar refractivity (Wildman–Crippen MR) is 117 cm³/mol. The molecule has 0 aliphatic heterocycles. The third kappa shape index (κ3) is 13.1. The molecule has 1 rings (SSSR count). The molecular formula is C22H39NaO3S. The first-order valence-corrected chi connectivity index (χ1v) is 12.0. The van der Waals surface area contributed by atoms with Crippen LogP contribution >= 0.6 is 0 Å². The van der Waals surface area contributed by atoms with Crippen LogP contribution in [0, 0.1) is 0 Å². The molecule has 0 heterocycles. The van der Waals surface area contributed by atoms with Crippen LogP contribution in [0.2, 0.25) is 0 Å². The molecule has 0 atom stereocenters. The maximum atomic E-state index is 12.2. The predicted octanol–water partition coefficient (Wildman–Crippen LogP) is 6.01. The molecule has 0 saturated heterocycles. The summed E-state index contributed by atoms with van der Waals surface area (Å²) in [5.41, 5.74) is 1.20. The molecule has 27 heavy (non-hydrogen) atoms. The number of hydrogen-bond donors (Lipinski definition) is 0. The zero-order valence-electron chi connectivity index (χ0n) is 16.8. The van der Waals surface area contributed by atoms with E-state index in [1.165, 1.54) is 63.4 Å². The summed E-state index contributed by atoms with van der Waals surface area (Å²) in [6, 6.07) is 7.21. The van der Waals surface area contributed by atoms with Crippen LogP contribution in [0.4, 0.5) is 0 Å². The molecule has 3 nitrogen and oxygen atoms in total. The van der Waals surface area contributed by atoms with Gasteiger partial charge in [0.05, 0.1) is 11.5 Å². The molecule has 0 bridgehead atoms. The second kappa shape index (κ2) is 17.0. The van der Waals surface area contributed by atoms with Crippen LogP contribution in [0.15, 0.2) is 29.2 Å². The molecule has 0 aliphatic rings. The summed E-state index contributed by atoms with van der Waals surface area (Å²) >= 11 is 0. The van der Waals surface area contributed by atoms with E-state index in [2.05, 4.69) is 13.8 Å². The SMILES string of the molecule is CCCCCCCCOS(=O)(=O)c1ccc(CCCCCCCC)cc1.[NaH]. The van der Waals surface area contributed by atoms with Gasteiger partial charge in [-0.3, -0.25) is 4.18 Å². The first-order chi connectivity index (χ1) is 12.6. The van der Waals surface area contributed by atoms with Gasteiger partial charge in [0.2, 0.25) is 0 Å². The quantitative estimate of drug-likeness (QED) is 0.192. The first-order valence-electron chi connectivity index (χ1n) is 10.6. The molecule has 0 aromatic heterocycles. The van der Waals surface area contributed by atoms with Crippen LogP contribution in [0.3, 0.4) is 0 Å². The molecule has 0 N–H and O–H groups in total. The Bertz CT molecular complexity index is 555. The molecule has 0 saturated carbocycles. The van der Waals surface area contributed by atoms with E-state index in [0.717, 1.165) is 25.7 Å². The number of hydrogen-bond acceptors (Lipinski definition) is 3. The molecule has 0 spiro atoms. The van der Waals surface area contributed by atoms with Crippen LogP contribution in [0.1, 0.15) is 96.5 Å². The Labute approximate surface area is 190 Å². The monoisotopic (exact) mass is 406 g/mol. The number of benzene rings is 1. The Hall–Kier alpha value is 0.130. The molecule has 0 radical (unpaired) electrons. The van der Waals surface area contributed by atoms with Crippen LogP contribution in [0.25, 0.3) is 0 Å². The third-order valence-corrected chi connectivity index (χ3v) is 6.09. The molecular weight excluding hydrogens is 367 g/mol. The number of aryl methyl sites for hydroxylation is 1. The van der Waals surface area contributed by atoms with E-state index >= 15 is 0 Å². The molecule has 5 heteroatoms. The van der Waals surface area contributed by atoms with Gasteiger partial charge in [0.25, 0.3) is 10.1 Å². The Morgan fingerprint density at radius 1 is 0.704 bits per heavy atom. The van der Waals surface area contributed by atoms with Gasteiger partial charge in [-0.25, -0.2) is 0 Å². The van der Waals surface area contributed by atoms with Crippen LogP contribution in [-0.2, 0) is 20.7 Å². The van der Waals surface area contributed by atoms with Crippen molar-refractivity contribution in [2.24, 2.45) is 0 Å². The van der Waals surface area contributed by atoms with Gasteiger partial charge in [0, 0.05) is 0 Å². The van der Waals surface area contributed by atoms with Crippen LogP contribution < -0.4 is 0 Å². The molecule has 152 valence electrons. The summed E-state index contributed by atoms with van der Waals surface area (Å²) in [4.78, 5) is 0.273. The first kappa shape index (κ1) is 27.1. The van der Waals surface area contributed by atoms with E-state index in [9.17, 15) is 8.42 Å². The van der Waals surface area contributed by atoms with E-state index in [-0.39, 0.29) is 41.1 Å². The van der Waals surface area contributed by atoms with Crippen LogP contribution in [-0.4, -0.2) is 44.6 Å². The third-order valence-electron chi connectivity index (χ3n) is 4.77. The van der Waals surface area contributed by atoms with Gasteiger partial charge >= 0.3 is 29.6 Å². The fraction of sp³-hybridized carbons (Fsp3) is 0.727. The van der Waals surface area contributed by atoms with Gasteiger partial charge < -0.3 is 0 Å². The van der Waals surface area contributed by atoms with E-state index in [1.807, 2.05) is 12.1 Å². The topological polar surface area (TPSA) is 43.4 Å². The standard InChI is InChI=1S/C22H38O3S.Na.H/c1-3-5-7-9-11-13-15-21-16-18-22(19-17-21)26(23,24)25-20-14-12-10-8-6-4-2;;/h16-19H,3-15,20H2,1-2H3;;. The number of rotatable bonds is 16. The van der Waals surface area contributed by atoms with Crippen LogP contribution in [0.5, 0.6) is 0 Å². The van der Waals surface area contributed by atoms with Gasteiger partial charge in [-0.1, -0.05) is 90.2 Å². The van der Waals surface area contributed by atoms with Gasteiger partial charge in [-0.2, -0.15) is 8.42 Å². The fourth-order valence-electron chi connectivity index (χ4n) is 3.05. The zero-order valence-corrected chi connectivity index (χ0v) is 17.7. The Morgan fingerprint density at radius 2 is 1.19 bits per heavy atom. The van der Waals surface area contributed by atoms with E-state index in [0.29, 0.717) is 0 Å². The van der Waals surface area contributed by atoms with E-state index in [4.69, 9.17) is 4.18 Å². The molecule has 1 aromatic carbocycles. The minimum atomic E-state index is -3.61. The van der Waals surface area contributed by atoms with Gasteiger partial charge in [-0.15, -0.1) is 0 Å². The molecule has 0 amide bonds. The van der Waals surface area contributed by atoms with E-state index in [1.54, 1.807) is 12.1 Å². The van der Waals surface area contributed by atoms with Gasteiger partial charge in [-0.05, 0) is 37.0 Å². The van der Waals surface area contributed by atoms with Crippen molar-refractivity contribution in [1.82, 2.24) is 0 Å². The van der Waals surface area contributed by atoms with Crippen molar-refractivity contribution >= 4 is 39.7 Å². The minimum absolute atomic E-state index is 0. The average Bonchev–Trinajstić information content (AvgIpc) is 2.64. The Morgan fingerprint density at radius 3 is 1.74 bits per heavy atom. The summed E-state index contributed by atoms with van der Waals surface area (Å²) in [7, 11) is -3.61. The summed E-state index contributed by atoms with van der Waals surface area (Å²) in [6.45, 7) is 4.70. The van der Waals surface area contributed by atoms with Crippen molar-refractivity contribution < 1.29 is 12.6 Å². The number of unbranched alkanes of at least 4 members (excludes halogenated alkanes) is 10. The molecule has 0 unspecified atom stereocenters. The summed E-state index contributed by atoms with van der Waals surface area (Å²) in [5, 5.41) is 0. The van der Waals surface area contributed by atoms with Crippen molar-refractivity contribution in [3.05, 3.63) is 29.8 Å². The average molecular weight is 407 g/mol. The van der Waals surface area contributed by atoms with E-state index < -0.39 is 10.1 Å².